The highest BCUT2D eigenvalue weighted by atomic mass is 16.3. The highest BCUT2D eigenvalue weighted by molar-refractivity contribution is 6.33. The van der Waals surface area contributed by atoms with Crippen molar-refractivity contribution in [2.75, 3.05) is 0 Å². The number of aliphatic hydroxyl groups is 1. The van der Waals surface area contributed by atoms with Crippen molar-refractivity contribution in [3.05, 3.63) is 11.6 Å². The van der Waals surface area contributed by atoms with Crippen LogP contribution in [0.25, 0.3) is 0 Å². The molecule has 146 valence electrons. The molecule has 1 rings (SSSR count). The normalized spacial score (nSPS) is 25.9. The minimum absolute atomic E-state index is 0.00957. The van der Waals surface area contributed by atoms with Crippen molar-refractivity contribution in [3.63, 3.8) is 0 Å². The van der Waals surface area contributed by atoms with Crippen molar-refractivity contribution in [3.8, 4) is 0 Å². The standard InChI is InChI=1S/C21H32O5/c1-12(2)7-9-15-19(24)18(16(22)11-14(5)6)20(25)21(15,26)17(23)10-8-13(3)4/h7,13-15,18,26H,8-11H2,1-6H3. The molecule has 3 atom stereocenters. The maximum atomic E-state index is 12.9. The predicted octanol–water partition coefficient (Wildman–Crippen LogP) is 3.08. The summed E-state index contributed by atoms with van der Waals surface area (Å²) < 4.78 is 0. The number of allylic oxidation sites excluding steroid dienone is 2. The van der Waals surface area contributed by atoms with E-state index in [-0.39, 0.29) is 31.1 Å². The molecule has 0 spiro atoms. The van der Waals surface area contributed by atoms with E-state index in [0.29, 0.717) is 6.42 Å². The molecule has 1 aliphatic carbocycles. The second-order valence-corrected chi connectivity index (χ2v) is 8.46. The van der Waals surface area contributed by atoms with E-state index < -0.39 is 40.6 Å². The molecule has 0 aromatic heterocycles. The number of hydrogen-bond donors (Lipinski definition) is 1. The minimum Gasteiger partial charge on any atom is -0.374 e. The van der Waals surface area contributed by atoms with Gasteiger partial charge in [0.1, 0.15) is 5.92 Å². The molecule has 0 bridgehead atoms. The molecule has 0 heterocycles. The Bertz CT molecular complexity index is 610. The van der Waals surface area contributed by atoms with Gasteiger partial charge in [0, 0.05) is 12.8 Å². The van der Waals surface area contributed by atoms with Crippen molar-refractivity contribution in [2.45, 2.75) is 72.8 Å². The lowest BCUT2D eigenvalue weighted by Gasteiger charge is -2.25. The van der Waals surface area contributed by atoms with E-state index in [4.69, 9.17) is 0 Å². The van der Waals surface area contributed by atoms with Crippen molar-refractivity contribution in [1.29, 1.82) is 0 Å². The molecular weight excluding hydrogens is 332 g/mol. The van der Waals surface area contributed by atoms with Crippen LogP contribution in [0, 0.1) is 23.7 Å². The number of hydrogen-bond acceptors (Lipinski definition) is 5. The minimum atomic E-state index is -2.38. The highest BCUT2D eigenvalue weighted by Crippen LogP contribution is 2.39. The third-order valence-electron chi connectivity index (χ3n) is 4.84. The van der Waals surface area contributed by atoms with E-state index in [1.807, 2.05) is 41.5 Å². The van der Waals surface area contributed by atoms with Gasteiger partial charge in [-0.1, -0.05) is 39.3 Å². The largest absolute Gasteiger partial charge is 0.374 e. The molecule has 5 heteroatoms. The Balaban J connectivity index is 3.26. The van der Waals surface area contributed by atoms with E-state index in [1.165, 1.54) is 0 Å². The molecule has 0 aromatic rings. The Kier molecular flexibility index (Phi) is 7.63. The monoisotopic (exact) mass is 364 g/mol. The Hall–Kier alpha value is -1.62. The van der Waals surface area contributed by atoms with Crippen LogP contribution in [0.15, 0.2) is 11.6 Å². The van der Waals surface area contributed by atoms with Gasteiger partial charge in [-0.25, -0.2) is 0 Å². The van der Waals surface area contributed by atoms with Crippen LogP contribution in [0.3, 0.4) is 0 Å². The molecule has 0 aromatic carbocycles. The van der Waals surface area contributed by atoms with Crippen LogP contribution in [-0.4, -0.2) is 33.8 Å². The van der Waals surface area contributed by atoms with E-state index >= 15 is 0 Å². The number of carbonyl (C=O) groups is 4. The smallest absolute Gasteiger partial charge is 0.192 e. The van der Waals surface area contributed by atoms with E-state index in [0.717, 1.165) is 5.57 Å². The number of rotatable bonds is 9. The lowest BCUT2D eigenvalue weighted by molar-refractivity contribution is -0.154. The van der Waals surface area contributed by atoms with Gasteiger partial charge in [0.15, 0.2) is 28.7 Å². The van der Waals surface area contributed by atoms with E-state index in [1.54, 1.807) is 6.08 Å². The molecule has 0 amide bonds. The second kappa shape index (κ2) is 8.85. The molecular formula is C21H32O5. The predicted molar refractivity (Wildman–Crippen MR) is 99.5 cm³/mol. The summed E-state index contributed by atoms with van der Waals surface area (Å²) >= 11 is 0. The first-order chi connectivity index (χ1) is 11.9. The van der Waals surface area contributed by atoms with Crippen LogP contribution in [0.2, 0.25) is 0 Å². The van der Waals surface area contributed by atoms with E-state index in [9.17, 15) is 24.3 Å². The highest BCUT2D eigenvalue weighted by Gasteiger charge is 2.64. The van der Waals surface area contributed by atoms with Gasteiger partial charge in [-0.2, -0.15) is 0 Å². The van der Waals surface area contributed by atoms with Gasteiger partial charge in [0.2, 0.25) is 0 Å². The summed E-state index contributed by atoms with van der Waals surface area (Å²) in [6.07, 6.45) is 2.42. The van der Waals surface area contributed by atoms with Crippen molar-refractivity contribution in [2.24, 2.45) is 23.7 Å². The summed E-state index contributed by atoms with van der Waals surface area (Å²) in [6.45, 7) is 11.2. The summed E-state index contributed by atoms with van der Waals surface area (Å²) in [5.74, 6) is -5.14. The average molecular weight is 364 g/mol. The van der Waals surface area contributed by atoms with Crippen LogP contribution in [0.1, 0.15) is 67.2 Å². The Morgan fingerprint density at radius 3 is 2.15 bits per heavy atom. The zero-order chi connectivity index (χ0) is 20.2. The molecule has 1 saturated carbocycles. The first-order valence-electron chi connectivity index (χ1n) is 9.42. The fraction of sp³-hybridized carbons (Fsp3) is 0.714. The quantitative estimate of drug-likeness (QED) is 0.502. The lowest BCUT2D eigenvalue weighted by atomic mass is 9.81. The SMILES string of the molecule is CC(C)=CCC1C(=O)C(C(=O)CC(C)C)C(=O)C1(O)C(=O)CCC(C)C. The molecule has 0 aliphatic heterocycles. The number of Topliss-reactive ketones (excluding diaryl/α,β-unsaturated/α-hetero) is 4. The molecule has 0 radical (unpaired) electrons. The van der Waals surface area contributed by atoms with Gasteiger partial charge < -0.3 is 5.11 Å². The van der Waals surface area contributed by atoms with Gasteiger partial charge in [0.05, 0.1) is 5.92 Å². The molecule has 26 heavy (non-hydrogen) atoms. The number of ketones is 4. The Morgan fingerprint density at radius 2 is 1.69 bits per heavy atom. The summed E-state index contributed by atoms with van der Waals surface area (Å²) in [5.41, 5.74) is -1.46. The van der Waals surface area contributed by atoms with Crippen molar-refractivity contribution < 1.29 is 24.3 Å². The molecule has 1 N–H and O–H groups in total. The topological polar surface area (TPSA) is 88.5 Å². The molecule has 5 nitrogen and oxygen atoms in total. The second-order valence-electron chi connectivity index (χ2n) is 8.46. The Morgan fingerprint density at radius 1 is 1.12 bits per heavy atom. The van der Waals surface area contributed by atoms with Gasteiger partial charge in [0.25, 0.3) is 0 Å². The third-order valence-corrected chi connectivity index (χ3v) is 4.84. The fourth-order valence-electron chi connectivity index (χ4n) is 3.34. The summed E-state index contributed by atoms with van der Waals surface area (Å²) in [5, 5.41) is 11.0. The molecule has 3 unspecified atom stereocenters. The summed E-state index contributed by atoms with van der Waals surface area (Å²) in [4.78, 5) is 50.9. The molecule has 1 aliphatic rings. The summed E-state index contributed by atoms with van der Waals surface area (Å²) in [7, 11) is 0. The van der Waals surface area contributed by atoms with Crippen molar-refractivity contribution >= 4 is 23.1 Å². The maximum Gasteiger partial charge on any atom is 0.192 e. The first kappa shape index (κ1) is 22.4. The van der Waals surface area contributed by atoms with Crippen LogP contribution < -0.4 is 0 Å². The third kappa shape index (κ3) is 4.76. The number of carbonyl (C=O) groups excluding carboxylic acids is 4. The first-order valence-corrected chi connectivity index (χ1v) is 9.42. The average Bonchev–Trinajstić information content (AvgIpc) is 2.69. The van der Waals surface area contributed by atoms with E-state index in [2.05, 4.69) is 0 Å². The maximum absolute atomic E-state index is 12.9. The van der Waals surface area contributed by atoms with Crippen molar-refractivity contribution in [1.82, 2.24) is 0 Å². The fourth-order valence-corrected chi connectivity index (χ4v) is 3.34. The van der Waals surface area contributed by atoms with Gasteiger partial charge in [-0.3, -0.25) is 19.2 Å². The van der Waals surface area contributed by atoms with Crippen LogP contribution in [0.5, 0.6) is 0 Å². The molecule has 1 fully saturated rings. The summed E-state index contributed by atoms with van der Waals surface area (Å²) in [6, 6.07) is 0. The zero-order valence-corrected chi connectivity index (χ0v) is 16.8. The van der Waals surface area contributed by atoms with Crippen LogP contribution in [-0.2, 0) is 19.2 Å². The van der Waals surface area contributed by atoms with Crippen LogP contribution in [0.4, 0.5) is 0 Å². The van der Waals surface area contributed by atoms with Gasteiger partial charge in [-0.15, -0.1) is 0 Å². The zero-order valence-electron chi connectivity index (χ0n) is 16.8. The van der Waals surface area contributed by atoms with Crippen LogP contribution >= 0.6 is 0 Å². The lowest BCUT2D eigenvalue weighted by Crippen LogP contribution is -2.50. The molecule has 0 saturated heterocycles. The van der Waals surface area contributed by atoms with Gasteiger partial charge >= 0.3 is 0 Å². The Labute approximate surface area is 156 Å². The van der Waals surface area contributed by atoms with Gasteiger partial charge in [-0.05, 0) is 38.5 Å².